The molecule has 1 N–H and O–H groups in total. The average Bonchev–Trinajstić information content (AvgIpc) is 3.01. The van der Waals surface area contributed by atoms with E-state index >= 15 is 0 Å². The molecule has 2 heterocycles. The van der Waals surface area contributed by atoms with Gasteiger partial charge >= 0.3 is 0 Å². The molecule has 1 amide bonds. The second kappa shape index (κ2) is 7.49. The van der Waals surface area contributed by atoms with Crippen molar-refractivity contribution in [2.45, 2.75) is 13.1 Å². The van der Waals surface area contributed by atoms with Gasteiger partial charge in [0, 0.05) is 17.6 Å². The van der Waals surface area contributed by atoms with Crippen LogP contribution in [0.4, 0.5) is 5.69 Å². The fraction of sp³-hybridized carbons (Fsp3) is 0.100. The molecule has 0 atom stereocenters. The van der Waals surface area contributed by atoms with E-state index in [4.69, 9.17) is 12.2 Å². The van der Waals surface area contributed by atoms with Gasteiger partial charge in [0.2, 0.25) is 5.91 Å². The number of benzene rings is 2. The van der Waals surface area contributed by atoms with Crippen LogP contribution in [0.5, 0.6) is 0 Å². The molecule has 8 heteroatoms. The first kappa shape index (κ1) is 18.3. The van der Waals surface area contributed by atoms with Gasteiger partial charge < -0.3 is 9.88 Å². The number of hydrogen-bond acceptors (Lipinski definition) is 5. The van der Waals surface area contributed by atoms with Crippen molar-refractivity contribution in [1.82, 2.24) is 14.1 Å². The third kappa shape index (κ3) is 3.28. The predicted octanol–water partition coefficient (Wildman–Crippen LogP) is 3.97. The minimum atomic E-state index is -0.297. The van der Waals surface area contributed by atoms with Crippen molar-refractivity contribution >= 4 is 56.3 Å². The van der Waals surface area contributed by atoms with Gasteiger partial charge in [0.15, 0.2) is 9.60 Å². The molecule has 0 saturated carbocycles. The molecule has 4 rings (SSSR count). The van der Waals surface area contributed by atoms with Crippen molar-refractivity contribution < 1.29 is 4.79 Å². The van der Waals surface area contributed by atoms with Gasteiger partial charge in [-0.25, -0.2) is 4.98 Å². The number of thiazole rings is 1. The fourth-order valence-corrected chi connectivity index (χ4v) is 4.37. The first-order chi connectivity index (χ1) is 13.6. The van der Waals surface area contributed by atoms with E-state index in [1.165, 1.54) is 22.2 Å². The van der Waals surface area contributed by atoms with Crippen molar-refractivity contribution in [3.8, 4) is 0 Å². The Hall–Kier alpha value is -3.10. The summed E-state index contributed by atoms with van der Waals surface area (Å²) >= 11 is 6.50. The SMILES string of the molecule is C=CCn1c(=S)sc2c(=O)n(CC(=O)Nc3cccc4ccccc34)cnc21. The number of aromatic nitrogens is 3. The van der Waals surface area contributed by atoms with E-state index in [0.717, 1.165) is 10.8 Å². The highest BCUT2D eigenvalue weighted by Gasteiger charge is 2.14. The van der Waals surface area contributed by atoms with Gasteiger partial charge in [0.05, 0.1) is 0 Å². The molecule has 4 aromatic rings. The zero-order valence-corrected chi connectivity index (χ0v) is 16.4. The molecule has 0 aliphatic rings. The Morgan fingerprint density at radius 2 is 2.04 bits per heavy atom. The molecule has 2 aromatic heterocycles. The summed E-state index contributed by atoms with van der Waals surface area (Å²) in [4.78, 5) is 29.7. The van der Waals surface area contributed by atoms with E-state index in [2.05, 4.69) is 16.9 Å². The Kier molecular flexibility index (Phi) is 4.89. The first-order valence-electron chi connectivity index (χ1n) is 8.56. The van der Waals surface area contributed by atoms with Crippen LogP contribution < -0.4 is 10.9 Å². The van der Waals surface area contributed by atoms with Gasteiger partial charge in [0.1, 0.15) is 17.6 Å². The Morgan fingerprint density at radius 1 is 1.25 bits per heavy atom. The Morgan fingerprint density at radius 3 is 2.86 bits per heavy atom. The lowest BCUT2D eigenvalue weighted by Gasteiger charge is -2.10. The second-order valence-electron chi connectivity index (χ2n) is 6.17. The lowest BCUT2D eigenvalue weighted by molar-refractivity contribution is -0.116. The van der Waals surface area contributed by atoms with Crippen LogP contribution in [-0.4, -0.2) is 20.0 Å². The van der Waals surface area contributed by atoms with Gasteiger partial charge in [-0.2, -0.15) is 0 Å². The molecule has 6 nitrogen and oxygen atoms in total. The molecule has 0 aliphatic carbocycles. The summed E-state index contributed by atoms with van der Waals surface area (Å²) in [5.41, 5.74) is 0.945. The average molecular weight is 409 g/mol. The van der Waals surface area contributed by atoms with Crippen molar-refractivity contribution in [2.24, 2.45) is 0 Å². The molecular formula is C20H16N4O2S2. The molecule has 0 radical (unpaired) electrons. The molecule has 0 unspecified atom stereocenters. The summed E-state index contributed by atoms with van der Waals surface area (Å²) in [6.07, 6.45) is 3.08. The maximum atomic E-state index is 12.8. The number of rotatable bonds is 5. The summed E-state index contributed by atoms with van der Waals surface area (Å²) in [6, 6.07) is 13.5. The van der Waals surface area contributed by atoms with E-state index < -0.39 is 0 Å². The van der Waals surface area contributed by atoms with Crippen molar-refractivity contribution in [1.29, 1.82) is 0 Å². The van der Waals surface area contributed by atoms with Crippen LogP contribution >= 0.6 is 23.6 Å². The van der Waals surface area contributed by atoms with Crippen LogP contribution in [0.3, 0.4) is 0 Å². The van der Waals surface area contributed by atoms with E-state index in [-0.39, 0.29) is 18.0 Å². The van der Waals surface area contributed by atoms with Crippen LogP contribution in [0.25, 0.3) is 21.1 Å². The number of hydrogen-bond donors (Lipinski definition) is 1. The summed E-state index contributed by atoms with van der Waals surface area (Å²) in [5.74, 6) is -0.297. The number of nitrogens with one attached hydrogen (secondary N) is 1. The lowest BCUT2D eigenvalue weighted by atomic mass is 10.1. The first-order valence-corrected chi connectivity index (χ1v) is 9.78. The van der Waals surface area contributed by atoms with Gasteiger partial charge in [-0.05, 0) is 23.7 Å². The van der Waals surface area contributed by atoms with Crippen LogP contribution in [0, 0.1) is 3.95 Å². The third-order valence-electron chi connectivity index (χ3n) is 4.33. The number of fused-ring (bicyclic) bond motifs is 2. The lowest BCUT2D eigenvalue weighted by Crippen LogP contribution is -2.27. The van der Waals surface area contributed by atoms with Crippen molar-refractivity contribution in [3.05, 3.63) is 75.8 Å². The normalized spacial score (nSPS) is 11.0. The second-order valence-corrected chi connectivity index (χ2v) is 7.82. The minimum Gasteiger partial charge on any atom is -0.324 e. The summed E-state index contributed by atoms with van der Waals surface area (Å²) in [7, 11) is 0. The van der Waals surface area contributed by atoms with Gasteiger partial charge in [0.25, 0.3) is 5.56 Å². The van der Waals surface area contributed by atoms with E-state index in [1.807, 2.05) is 42.5 Å². The molecule has 2 aromatic carbocycles. The van der Waals surface area contributed by atoms with Crippen molar-refractivity contribution in [3.63, 3.8) is 0 Å². The number of carbonyl (C=O) groups excluding carboxylic acids is 1. The molecule has 0 saturated heterocycles. The largest absolute Gasteiger partial charge is 0.324 e. The van der Waals surface area contributed by atoms with Crippen LogP contribution in [0.2, 0.25) is 0 Å². The Balaban J connectivity index is 1.63. The Bertz CT molecular complexity index is 1330. The van der Waals surface area contributed by atoms with Gasteiger partial charge in [-0.3, -0.25) is 14.2 Å². The molecule has 140 valence electrons. The third-order valence-corrected chi connectivity index (χ3v) is 5.76. The monoisotopic (exact) mass is 408 g/mol. The predicted molar refractivity (Wildman–Crippen MR) is 115 cm³/mol. The van der Waals surface area contributed by atoms with E-state index in [0.29, 0.717) is 26.5 Å². The van der Waals surface area contributed by atoms with Crippen molar-refractivity contribution in [2.75, 3.05) is 5.32 Å². The van der Waals surface area contributed by atoms with Crippen LogP contribution in [-0.2, 0) is 17.9 Å². The fourth-order valence-electron chi connectivity index (χ4n) is 3.05. The number of carbonyl (C=O) groups is 1. The number of allylic oxidation sites excluding steroid dienone is 1. The summed E-state index contributed by atoms with van der Waals surface area (Å²) < 4.78 is 4.04. The molecule has 28 heavy (non-hydrogen) atoms. The molecule has 0 bridgehead atoms. The smallest absolute Gasteiger partial charge is 0.273 e. The van der Waals surface area contributed by atoms with E-state index in [9.17, 15) is 9.59 Å². The number of amides is 1. The number of anilines is 1. The Labute approximate surface area is 169 Å². The van der Waals surface area contributed by atoms with Crippen LogP contribution in [0.1, 0.15) is 0 Å². The topological polar surface area (TPSA) is 68.9 Å². The maximum absolute atomic E-state index is 12.8. The summed E-state index contributed by atoms with van der Waals surface area (Å²) in [5, 5.41) is 4.86. The summed E-state index contributed by atoms with van der Waals surface area (Å²) in [6.45, 7) is 4.05. The maximum Gasteiger partial charge on any atom is 0.273 e. The zero-order chi connectivity index (χ0) is 19.7. The highest BCUT2D eigenvalue weighted by Crippen LogP contribution is 2.23. The van der Waals surface area contributed by atoms with Gasteiger partial charge in [-0.1, -0.05) is 53.8 Å². The highest BCUT2D eigenvalue weighted by atomic mass is 32.1. The zero-order valence-electron chi connectivity index (χ0n) is 14.8. The molecular weight excluding hydrogens is 392 g/mol. The number of nitrogens with zero attached hydrogens (tertiary/aromatic N) is 3. The van der Waals surface area contributed by atoms with E-state index in [1.54, 1.807) is 10.6 Å². The van der Waals surface area contributed by atoms with Gasteiger partial charge in [-0.15, -0.1) is 6.58 Å². The standard InChI is InChI=1S/C20H16N4O2S2/c1-2-10-24-18-17(28-20(24)27)19(26)23(12-21-18)11-16(25)22-15-9-5-7-13-6-3-4-8-14(13)15/h2-9,12H,1,10-11H2,(H,22,25). The van der Waals surface area contributed by atoms with Crippen LogP contribution in [0.15, 0.2) is 66.2 Å². The molecule has 0 fully saturated rings. The molecule has 0 aliphatic heterocycles. The highest BCUT2D eigenvalue weighted by molar-refractivity contribution is 7.73. The minimum absolute atomic E-state index is 0.128. The quantitative estimate of drug-likeness (QED) is 0.401. The molecule has 0 spiro atoms.